The fraction of sp³-hybridized carbons (Fsp3) is 0.333. The molecule has 2 atom stereocenters. The van der Waals surface area contributed by atoms with E-state index in [1.165, 1.54) is 0 Å². The number of hydrogen-bond donors (Lipinski definition) is 2. The van der Waals surface area contributed by atoms with Crippen LogP contribution in [0.1, 0.15) is 36.9 Å². The number of benzene rings is 2. The first kappa shape index (κ1) is 17.7. The van der Waals surface area contributed by atoms with Crippen LogP contribution in [0.5, 0.6) is 0 Å². The van der Waals surface area contributed by atoms with E-state index in [1.807, 2.05) is 44.2 Å². The number of hydrogen-bond acceptors (Lipinski definition) is 3. The third kappa shape index (κ3) is 4.89. The summed E-state index contributed by atoms with van der Waals surface area (Å²) in [7, 11) is -3.64. The Bertz CT molecular complexity index is 712. The SMILES string of the molecule is CC[C@@H](O)C[C@H](NS(=O)(=O)c1ccc(C)cc1)c1ccccc1. The van der Waals surface area contributed by atoms with Gasteiger partial charge in [0.15, 0.2) is 0 Å². The van der Waals surface area contributed by atoms with Crippen molar-refractivity contribution in [2.45, 2.75) is 43.7 Å². The molecule has 2 aromatic rings. The van der Waals surface area contributed by atoms with Gasteiger partial charge in [0.25, 0.3) is 0 Å². The van der Waals surface area contributed by atoms with Crippen molar-refractivity contribution in [2.75, 3.05) is 0 Å². The average molecular weight is 333 g/mol. The Balaban J connectivity index is 2.27. The molecule has 2 aromatic carbocycles. The number of aliphatic hydroxyl groups excluding tert-OH is 1. The summed E-state index contributed by atoms with van der Waals surface area (Å²) in [6.45, 7) is 3.79. The lowest BCUT2D eigenvalue weighted by Crippen LogP contribution is -2.31. The minimum atomic E-state index is -3.64. The summed E-state index contributed by atoms with van der Waals surface area (Å²) in [6.07, 6.45) is 0.363. The van der Waals surface area contributed by atoms with Crippen LogP contribution in [0.3, 0.4) is 0 Å². The highest BCUT2D eigenvalue weighted by molar-refractivity contribution is 7.89. The molecule has 0 unspecified atom stereocenters. The van der Waals surface area contributed by atoms with Gasteiger partial charge in [0.1, 0.15) is 0 Å². The molecule has 5 heteroatoms. The first-order chi connectivity index (χ1) is 10.9. The zero-order valence-corrected chi connectivity index (χ0v) is 14.3. The Hall–Kier alpha value is -1.69. The van der Waals surface area contributed by atoms with Gasteiger partial charge in [0, 0.05) is 6.04 Å². The van der Waals surface area contributed by atoms with Crippen LogP contribution in [0, 0.1) is 6.92 Å². The van der Waals surface area contributed by atoms with Crippen LogP contribution in [0.15, 0.2) is 59.5 Å². The van der Waals surface area contributed by atoms with E-state index in [9.17, 15) is 13.5 Å². The van der Waals surface area contributed by atoms with Crippen molar-refractivity contribution in [1.82, 2.24) is 4.72 Å². The van der Waals surface area contributed by atoms with E-state index in [4.69, 9.17) is 0 Å². The molecule has 0 aliphatic rings. The molecular formula is C18H23NO3S. The van der Waals surface area contributed by atoms with E-state index in [0.717, 1.165) is 11.1 Å². The third-order valence-electron chi connectivity index (χ3n) is 3.81. The zero-order valence-electron chi connectivity index (χ0n) is 13.4. The summed E-state index contributed by atoms with van der Waals surface area (Å²) in [4.78, 5) is 0.231. The van der Waals surface area contributed by atoms with E-state index in [2.05, 4.69) is 4.72 Å². The molecule has 0 aliphatic carbocycles. The van der Waals surface area contributed by atoms with Gasteiger partial charge in [-0.1, -0.05) is 55.0 Å². The molecule has 4 nitrogen and oxygen atoms in total. The number of aliphatic hydroxyl groups is 1. The monoisotopic (exact) mass is 333 g/mol. The highest BCUT2D eigenvalue weighted by Crippen LogP contribution is 2.22. The van der Waals surface area contributed by atoms with Gasteiger partial charge in [-0.25, -0.2) is 13.1 Å². The predicted molar refractivity (Wildman–Crippen MR) is 91.6 cm³/mol. The maximum Gasteiger partial charge on any atom is 0.241 e. The minimum Gasteiger partial charge on any atom is -0.393 e. The Morgan fingerprint density at radius 1 is 1.04 bits per heavy atom. The van der Waals surface area contributed by atoms with Crippen molar-refractivity contribution < 1.29 is 13.5 Å². The Kier molecular flexibility index (Phi) is 5.93. The molecule has 23 heavy (non-hydrogen) atoms. The van der Waals surface area contributed by atoms with E-state index in [0.29, 0.717) is 12.8 Å². The average Bonchev–Trinajstić information content (AvgIpc) is 2.55. The second-order valence-corrected chi connectivity index (χ2v) is 7.41. The van der Waals surface area contributed by atoms with Crippen molar-refractivity contribution in [3.8, 4) is 0 Å². The van der Waals surface area contributed by atoms with Crippen LogP contribution in [0.2, 0.25) is 0 Å². The molecule has 0 fully saturated rings. The van der Waals surface area contributed by atoms with Crippen molar-refractivity contribution in [3.63, 3.8) is 0 Å². The van der Waals surface area contributed by atoms with Crippen LogP contribution in [-0.2, 0) is 10.0 Å². The first-order valence-electron chi connectivity index (χ1n) is 7.74. The summed E-state index contributed by atoms with van der Waals surface area (Å²) < 4.78 is 27.9. The molecule has 0 amide bonds. The van der Waals surface area contributed by atoms with Gasteiger partial charge >= 0.3 is 0 Å². The van der Waals surface area contributed by atoms with Gasteiger partial charge in [0.2, 0.25) is 10.0 Å². The molecule has 0 saturated heterocycles. The van der Waals surface area contributed by atoms with Crippen LogP contribution in [-0.4, -0.2) is 19.6 Å². The Morgan fingerprint density at radius 2 is 1.65 bits per heavy atom. The van der Waals surface area contributed by atoms with Crippen molar-refractivity contribution >= 4 is 10.0 Å². The molecule has 0 aromatic heterocycles. The number of rotatable bonds is 7. The molecule has 0 radical (unpaired) electrons. The quantitative estimate of drug-likeness (QED) is 0.818. The molecule has 0 aliphatic heterocycles. The van der Waals surface area contributed by atoms with E-state index in [1.54, 1.807) is 24.3 Å². The molecule has 0 saturated carbocycles. The highest BCUT2D eigenvalue weighted by atomic mass is 32.2. The van der Waals surface area contributed by atoms with Crippen LogP contribution in [0.25, 0.3) is 0 Å². The van der Waals surface area contributed by atoms with Gasteiger partial charge in [-0.3, -0.25) is 0 Å². The molecule has 2 rings (SSSR count). The van der Waals surface area contributed by atoms with Gasteiger partial charge in [-0.05, 0) is 37.5 Å². The van der Waals surface area contributed by atoms with Crippen molar-refractivity contribution in [1.29, 1.82) is 0 Å². The smallest absolute Gasteiger partial charge is 0.241 e. The lowest BCUT2D eigenvalue weighted by Gasteiger charge is -2.21. The summed E-state index contributed by atoms with van der Waals surface area (Å²) in [5, 5.41) is 9.96. The normalized spacial score (nSPS) is 14.4. The fourth-order valence-corrected chi connectivity index (χ4v) is 3.59. The maximum absolute atomic E-state index is 12.6. The molecule has 2 N–H and O–H groups in total. The van der Waals surface area contributed by atoms with Gasteiger partial charge in [-0.2, -0.15) is 0 Å². The predicted octanol–water partition coefficient (Wildman–Crippen LogP) is 3.18. The van der Waals surface area contributed by atoms with Crippen LogP contribution >= 0.6 is 0 Å². The zero-order chi connectivity index (χ0) is 16.9. The highest BCUT2D eigenvalue weighted by Gasteiger charge is 2.23. The standard InChI is InChI=1S/C18H23NO3S/c1-3-16(20)13-18(15-7-5-4-6-8-15)19-23(21,22)17-11-9-14(2)10-12-17/h4-12,16,18-20H,3,13H2,1-2H3/t16-,18+/m1/s1. The van der Waals surface area contributed by atoms with Crippen molar-refractivity contribution in [2.24, 2.45) is 0 Å². The number of sulfonamides is 1. The second-order valence-electron chi connectivity index (χ2n) is 5.70. The van der Waals surface area contributed by atoms with E-state index in [-0.39, 0.29) is 4.90 Å². The first-order valence-corrected chi connectivity index (χ1v) is 9.22. The fourth-order valence-electron chi connectivity index (χ4n) is 2.35. The van der Waals surface area contributed by atoms with Gasteiger partial charge in [0.05, 0.1) is 11.0 Å². The summed E-state index contributed by atoms with van der Waals surface area (Å²) in [5.74, 6) is 0. The molecular weight excluding hydrogens is 310 g/mol. The largest absolute Gasteiger partial charge is 0.393 e. The van der Waals surface area contributed by atoms with E-state index >= 15 is 0 Å². The van der Waals surface area contributed by atoms with Crippen LogP contribution in [0.4, 0.5) is 0 Å². The summed E-state index contributed by atoms with van der Waals surface area (Å²) in [5.41, 5.74) is 1.85. The molecule has 0 heterocycles. The number of aryl methyl sites for hydroxylation is 1. The summed E-state index contributed by atoms with van der Waals surface area (Å²) in [6, 6.07) is 15.6. The Labute approximate surface area is 138 Å². The summed E-state index contributed by atoms with van der Waals surface area (Å²) >= 11 is 0. The molecule has 0 bridgehead atoms. The molecule has 0 spiro atoms. The van der Waals surface area contributed by atoms with Crippen molar-refractivity contribution in [3.05, 3.63) is 65.7 Å². The minimum absolute atomic E-state index is 0.231. The number of nitrogens with one attached hydrogen (secondary N) is 1. The lowest BCUT2D eigenvalue weighted by atomic mass is 10.0. The van der Waals surface area contributed by atoms with Gasteiger partial charge < -0.3 is 5.11 Å². The Morgan fingerprint density at radius 3 is 2.22 bits per heavy atom. The van der Waals surface area contributed by atoms with Crippen LogP contribution < -0.4 is 4.72 Å². The van der Waals surface area contributed by atoms with E-state index < -0.39 is 22.2 Å². The van der Waals surface area contributed by atoms with Gasteiger partial charge in [-0.15, -0.1) is 0 Å². The topological polar surface area (TPSA) is 66.4 Å². The molecule has 124 valence electrons. The second kappa shape index (κ2) is 7.73. The maximum atomic E-state index is 12.6. The third-order valence-corrected chi connectivity index (χ3v) is 5.30. The lowest BCUT2D eigenvalue weighted by molar-refractivity contribution is 0.149.